The minimum Gasteiger partial charge on any atom is -0.335 e. The molecule has 1 N–H and O–H groups in total. The third-order valence-electron chi connectivity index (χ3n) is 4.50. The van der Waals surface area contributed by atoms with Crippen LogP contribution in [0.5, 0.6) is 0 Å². The number of hydrogen-bond donors (Lipinski definition) is 1. The second-order valence-corrected chi connectivity index (χ2v) is 8.06. The Labute approximate surface area is 144 Å². The molecule has 2 aromatic heterocycles. The van der Waals surface area contributed by atoms with Gasteiger partial charge in [-0.2, -0.15) is 5.10 Å². The van der Waals surface area contributed by atoms with E-state index in [1.165, 1.54) is 17.7 Å². The lowest BCUT2D eigenvalue weighted by molar-refractivity contribution is 0.0624. The van der Waals surface area contributed by atoms with Crippen molar-refractivity contribution in [3.8, 4) is 0 Å². The molecule has 1 aliphatic heterocycles. The molecule has 122 valence electrons. The smallest absolute Gasteiger partial charge is 0.274 e. The Balaban J connectivity index is 1.32. The molecule has 0 atom stereocenters. The number of H-pyrrole nitrogens is 1. The number of carbonyl (C=O) groups excluding carboxylic acids is 1. The Bertz CT molecular complexity index is 701. The zero-order chi connectivity index (χ0) is 15.8. The monoisotopic (exact) mass is 350 g/mol. The molecule has 0 bridgehead atoms. The number of nitrogens with zero attached hydrogens (tertiary/aromatic N) is 3. The molecule has 7 heteroatoms. The number of rotatable bonds is 4. The number of carbonyl (C=O) groups is 1. The molecule has 1 aliphatic carbocycles. The van der Waals surface area contributed by atoms with E-state index in [0.29, 0.717) is 11.6 Å². The molecule has 1 saturated heterocycles. The molecule has 0 radical (unpaired) electrons. The van der Waals surface area contributed by atoms with E-state index in [1.54, 1.807) is 11.3 Å². The van der Waals surface area contributed by atoms with Crippen LogP contribution in [0, 0.1) is 0 Å². The number of halogens is 1. The number of thiophene rings is 1. The van der Waals surface area contributed by atoms with Crippen LogP contribution in [0.1, 0.15) is 39.8 Å². The van der Waals surface area contributed by atoms with Crippen molar-refractivity contribution in [1.82, 2.24) is 20.0 Å². The topological polar surface area (TPSA) is 52.2 Å². The van der Waals surface area contributed by atoms with Gasteiger partial charge in [0.25, 0.3) is 5.91 Å². The molecule has 3 heterocycles. The molecule has 0 unspecified atom stereocenters. The van der Waals surface area contributed by atoms with Crippen molar-refractivity contribution in [2.45, 2.75) is 25.3 Å². The maximum atomic E-state index is 12.5. The maximum Gasteiger partial charge on any atom is 0.274 e. The second kappa shape index (κ2) is 6.26. The Morgan fingerprint density at radius 3 is 2.74 bits per heavy atom. The lowest BCUT2D eigenvalue weighted by Gasteiger charge is -2.34. The number of amides is 1. The van der Waals surface area contributed by atoms with Crippen LogP contribution in [0.3, 0.4) is 0 Å². The predicted octanol–water partition coefficient (Wildman–Crippen LogP) is 2.96. The van der Waals surface area contributed by atoms with E-state index < -0.39 is 0 Å². The number of hydrogen-bond acceptors (Lipinski definition) is 4. The standard InChI is InChI=1S/C16H19ClN4OS/c17-15-4-3-12(23-15)10-20-5-7-21(8-6-20)16(22)14-9-13(18-19-14)11-1-2-11/h3-4,9,11H,1-2,5-8,10H2,(H,18,19). The van der Waals surface area contributed by atoms with Crippen molar-refractivity contribution < 1.29 is 4.79 Å². The number of piperazine rings is 1. The van der Waals surface area contributed by atoms with Crippen LogP contribution in [-0.4, -0.2) is 52.1 Å². The summed E-state index contributed by atoms with van der Waals surface area (Å²) in [6.07, 6.45) is 2.42. The Kier molecular flexibility index (Phi) is 4.13. The first-order valence-corrected chi connectivity index (χ1v) is 9.19. The first-order valence-electron chi connectivity index (χ1n) is 8.00. The summed E-state index contributed by atoms with van der Waals surface area (Å²) in [4.78, 5) is 18.1. The summed E-state index contributed by atoms with van der Waals surface area (Å²) >= 11 is 7.60. The zero-order valence-corrected chi connectivity index (χ0v) is 14.4. The van der Waals surface area contributed by atoms with Crippen LogP contribution in [0.2, 0.25) is 4.34 Å². The Morgan fingerprint density at radius 1 is 1.30 bits per heavy atom. The summed E-state index contributed by atoms with van der Waals surface area (Å²) in [7, 11) is 0. The van der Waals surface area contributed by atoms with E-state index in [1.807, 2.05) is 17.0 Å². The molecule has 0 aromatic carbocycles. The van der Waals surface area contributed by atoms with E-state index in [-0.39, 0.29) is 5.91 Å². The van der Waals surface area contributed by atoms with Gasteiger partial charge in [0, 0.05) is 49.2 Å². The van der Waals surface area contributed by atoms with E-state index in [4.69, 9.17) is 11.6 Å². The lowest BCUT2D eigenvalue weighted by Crippen LogP contribution is -2.48. The molecule has 2 fully saturated rings. The van der Waals surface area contributed by atoms with Gasteiger partial charge in [-0.25, -0.2) is 0 Å². The van der Waals surface area contributed by atoms with Gasteiger partial charge in [0.05, 0.1) is 4.34 Å². The highest BCUT2D eigenvalue weighted by molar-refractivity contribution is 7.16. The normalized spacial score (nSPS) is 19.3. The molecule has 23 heavy (non-hydrogen) atoms. The van der Waals surface area contributed by atoms with Gasteiger partial charge >= 0.3 is 0 Å². The summed E-state index contributed by atoms with van der Waals surface area (Å²) in [6, 6.07) is 5.95. The molecule has 1 saturated carbocycles. The van der Waals surface area contributed by atoms with Crippen molar-refractivity contribution in [3.63, 3.8) is 0 Å². The minimum absolute atomic E-state index is 0.0481. The Morgan fingerprint density at radius 2 is 2.09 bits per heavy atom. The zero-order valence-electron chi connectivity index (χ0n) is 12.8. The minimum atomic E-state index is 0.0481. The maximum absolute atomic E-state index is 12.5. The first-order chi connectivity index (χ1) is 11.2. The van der Waals surface area contributed by atoms with Gasteiger partial charge in [0.1, 0.15) is 5.69 Å². The molecule has 2 aliphatic rings. The predicted molar refractivity (Wildman–Crippen MR) is 91.1 cm³/mol. The quantitative estimate of drug-likeness (QED) is 0.922. The summed E-state index contributed by atoms with van der Waals surface area (Å²) in [5.41, 5.74) is 1.67. The van der Waals surface area contributed by atoms with Crippen LogP contribution in [0.4, 0.5) is 0 Å². The van der Waals surface area contributed by atoms with E-state index >= 15 is 0 Å². The fourth-order valence-electron chi connectivity index (χ4n) is 2.98. The molecule has 2 aromatic rings. The number of aromatic amines is 1. The number of nitrogens with one attached hydrogen (secondary N) is 1. The van der Waals surface area contributed by atoms with Gasteiger partial charge in [0.2, 0.25) is 0 Å². The highest BCUT2D eigenvalue weighted by Gasteiger charge is 2.28. The van der Waals surface area contributed by atoms with E-state index in [2.05, 4.69) is 21.2 Å². The number of aromatic nitrogens is 2. The summed E-state index contributed by atoms with van der Waals surface area (Å²) in [6.45, 7) is 4.20. The van der Waals surface area contributed by atoms with Crippen molar-refractivity contribution in [1.29, 1.82) is 0 Å². The molecule has 4 rings (SSSR count). The fourth-order valence-corrected chi connectivity index (χ4v) is 4.11. The lowest BCUT2D eigenvalue weighted by atomic mass is 10.2. The van der Waals surface area contributed by atoms with Crippen LogP contribution in [0.15, 0.2) is 18.2 Å². The van der Waals surface area contributed by atoms with Crippen LogP contribution >= 0.6 is 22.9 Å². The second-order valence-electron chi connectivity index (χ2n) is 6.26. The summed E-state index contributed by atoms with van der Waals surface area (Å²) < 4.78 is 0.832. The molecular weight excluding hydrogens is 332 g/mol. The third kappa shape index (κ3) is 3.44. The first kappa shape index (κ1) is 15.2. The highest BCUT2D eigenvalue weighted by atomic mass is 35.5. The van der Waals surface area contributed by atoms with Gasteiger partial charge in [-0.1, -0.05) is 11.6 Å². The van der Waals surface area contributed by atoms with Gasteiger partial charge < -0.3 is 4.90 Å². The van der Waals surface area contributed by atoms with Crippen molar-refractivity contribution >= 4 is 28.8 Å². The summed E-state index contributed by atoms with van der Waals surface area (Å²) in [5, 5.41) is 7.21. The average Bonchev–Trinajstić information content (AvgIpc) is 3.15. The van der Waals surface area contributed by atoms with Gasteiger partial charge in [-0.15, -0.1) is 11.3 Å². The van der Waals surface area contributed by atoms with Gasteiger partial charge in [-0.3, -0.25) is 14.8 Å². The fraction of sp³-hybridized carbons (Fsp3) is 0.500. The van der Waals surface area contributed by atoms with Gasteiger partial charge in [0.15, 0.2) is 0 Å². The van der Waals surface area contributed by atoms with Crippen LogP contribution < -0.4 is 0 Å². The van der Waals surface area contributed by atoms with Crippen molar-refractivity contribution in [2.24, 2.45) is 0 Å². The van der Waals surface area contributed by atoms with Gasteiger partial charge in [-0.05, 0) is 31.0 Å². The van der Waals surface area contributed by atoms with E-state index in [9.17, 15) is 4.79 Å². The molecule has 1 amide bonds. The van der Waals surface area contributed by atoms with E-state index in [0.717, 1.165) is 42.8 Å². The van der Waals surface area contributed by atoms with Crippen LogP contribution in [0.25, 0.3) is 0 Å². The molecular formula is C16H19ClN4OS. The molecule has 5 nitrogen and oxygen atoms in total. The third-order valence-corrected chi connectivity index (χ3v) is 5.72. The highest BCUT2D eigenvalue weighted by Crippen LogP contribution is 2.39. The molecule has 0 spiro atoms. The average molecular weight is 351 g/mol. The Hall–Kier alpha value is -1.37. The van der Waals surface area contributed by atoms with Crippen LogP contribution in [-0.2, 0) is 6.54 Å². The van der Waals surface area contributed by atoms with Crippen molar-refractivity contribution in [3.05, 3.63) is 38.8 Å². The SMILES string of the molecule is O=C(c1cc(C2CC2)[nH]n1)N1CCN(Cc2ccc(Cl)s2)CC1. The van der Waals surface area contributed by atoms with Crippen molar-refractivity contribution in [2.75, 3.05) is 26.2 Å². The summed E-state index contributed by atoms with van der Waals surface area (Å²) in [5.74, 6) is 0.644. The largest absolute Gasteiger partial charge is 0.335 e.